The smallest absolute Gasteiger partial charge is 0.310 e. The molecule has 1 atom stereocenters. The van der Waals surface area contributed by atoms with Crippen LogP contribution < -0.4 is 4.74 Å². The van der Waals surface area contributed by atoms with Gasteiger partial charge in [0.2, 0.25) is 0 Å². The largest absolute Gasteiger partial charge is 0.494 e. The number of halogens is 1. The van der Waals surface area contributed by atoms with Gasteiger partial charge in [-0.3, -0.25) is 4.79 Å². The summed E-state index contributed by atoms with van der Waals surface area (Å²) in [6, 6.07) is 9.23. The molecule has 0 radical (unpaired) electrons. The summed E-state index contributed by atoms with van der Waals surface area (Å²) in [6.07, 6.45) is 2.88. The molecule has 0 bridgehead atoms. The topological polar surface area (TPSA) is 62.6 Å². The number of carbonyl (C=O) groups is 1. The Morgan fingerprint density at radius 3 is 2.79 bits per heavy atom. The van der Waals surface area contributed by atoms with E-state index in [9.17, 15) is 4.79 Å². The molecule has 6 heteroatoms. The predicted octanol–water partition coefficient (Wildman–Crippen LogP) is 3.02. The van der Waals surface area contributed by atoms with Crippen LogP contribution in [0.25, 0.3) is 0 Å². The van der Waals surface area contributed by atoms with E-state index in [0.29, 0.717) is 18.8 Å². The normalized spacial score (nSPS) is 17.4. The Balaban J connectivity index is 0.00000288. The maximum Gasteiger partial charge on any atom is 0.310 e. The van der Waals surface area contributed by atoms with Crippen molar-refractivity contribution >= 4 is 18.4 Å². The SMILES string of the molecule is CCOC(=O)C1CCCN(CCCOc2ccc(C#N)cc2)C1.Cl. The molecule has 1 saturated heterocycles. The number of carbonyl (C=O) groups excluding carboxylic acids is 1. The van der Waals surface area contributed by atoms with E-state index in [4.69, 9.17) is 14.7 Å². The number of benzene rings is 1. The highest BCUT2D eigenvalue weighted by Crippen LogP contribution is 2.18. The van der Waals surface area contributed by atoms with Crippen LogP contribution in [0.3, 0.4) is 0 Å². The van der Waals surface area contributed by atoms with Crippen LogP contribution in [0.15, 0.2) is 24.3 Å². The fourth-order valence-electron chi connectivity index (χ4n) is 2.82. The molecule has 1 aliphatic heterocycles. The molecule has 1 heterocycles. The number of nitrogens with zero attached hydrogens (tertiary/aromatic N) is 2. The molecule has 0 spiro atoms. The fraction of sp³-hybridized carbons (Fsp3) is 0.556. The van der Waals surface area contributed by atoms with Crippen molar-refractivity contribution in [2.24, 2.45) is 5.92 Å². The summed E-state index contributed by atoms with van der Waals surface area (Å²) in [5, 5.41) is 8.75. The van der Waals surface area contributed by atoms with Gasteiger partial charge in [0.05, 0.1) is 30.8 Å². The highest BCUT2D eigenvalue weighted by molar-refractivity contribution is 5.85. The van der Waals surface area contributed by atoms with Gasteiger partial charge >= 0.3 is 5.97 Å². The molecule has 1 aromatic rings. The lowest BCUT2D eigenvalue weighted by Gasteiger charge is -2.31. The average molecular weight is 353 g/mol. The molecule has 1 aliphatic rings. The van der Waals surface area contributed by atoms with Gasteiger partial charge in [0.15, 0.2) is 0 Å². The number of nitriles is 1. The van der Waals surface area contributed by atoms with Gasteiger partial charge in [0.25, 0.3) is 0 Å². The van der Waals surface area contributed by atoms with Crippen molar-refractivity contribution in [3.63, 3.8) is 0 Å². The van der Waals surface area contributed by atoms with Gasteiger partial charge in [-0.2, -0.15) is 5.26 Å². The molecule has 0 aliphatic carbocycles. The zero-order valence-corrected chi connectivity index (χ0v) is 14.9. The third kappa shape index (κ3) is 6.38. The first-order valence-electron chi connectivity index (χ1n) is 8.25. The van der Waals surface area contributed by atoms with E-state index in [0.717, 1.165) is 44.6 Å². The standard InChI is InChI=1S/C18H24N2O3.ClH/c1-2-22-18(21)16-5-3-10-20(14-16)11-4-12-23-17-8-6-15(13-19)7-9-17;/h6-9,16H,2-5,10-12,14H2,1H3;1H. The molecule has 5 nitrogen and oxygen atoms in total. The van der Waals surface area contributed by atoms with Crippen LogP contribution in [-0.4, -0.2) is 43.7 Å². The highest BCUT2D eigenvalue weighted by atomic mass is 35.5. The Morgan fingerprint density at radius 1 is 1.38 bits per heavy atom. The Labute approximate surface area is 149 Å². The van der Waals surface area contributed by atoms with Gasteiger partial charge in [0, 0.05) is 13.1 Å². The average Bonchev–Trinajstić information content (AvgIpc) is 2.60. The third-order valence-corrected chi connectivity index (χ3v) is 4.00. The fourth-order valence-corrected chi connectivity index (χ4v) is 2.82. The first-order chi connectivity index (χ1) is 11.2. The van der Waals surface area contributed by atoms with Gasteiger partial charge in [-0.05, 0) is 57.0 Å². The van der Waals surface area contributed by atoms with Crippen molar-refractivity contribution in [3.05, 3.63) is 29.8 Å². The molecule has 132 valence electrons. The van der Waals surface area contributed by atoms with Crippen molar-refractivity contribution < 1.29 is 14.3 Å². The Bertz CT molecular complexity index is 542. The number of piperidine rings is 1. The van der Waals surface area contributed by atoms with Crippen LogP contribution in [0.1, 0.15) is 31.7 Å². The molecule has 0 saturated carbocycles. The summed E-state index contributed by atoms with van der Waals surface area (Å²) in [6.45, 7) is 5.67. The second kappa shape index (κ2) is 10.9. The van der Waals surface area contributed by atoms with E-state index in [1.165, 1.54) is 0 Å². The lowest BCUT2D eigenvalue weighted by molar-refractivity contribution is -0.149. The van der Waals surface area contributed by atoms with Gasteiger partial charge in [0.1, 0.15) is 5.75 Å². The van der Waals surface area contributed by atoms with E-state index in [-0.39, 0.29) is 24.3 Å². The lowest BCUT2D eigenvalue weighted by atomic mass is 9.98. The Morgan fingerprint density at radius 2 is 2.12 bits per heavy atom. The molecule has 2 rings (SSSR count). The van der Waals surface area contributed by atoms with Gasteiger partial charge in [-0.15, -0.1) is 12.4 Å². The molecular weight excluding hydrogens is 328 g/mol. The van der Waals surface area contributed by atoms with Crippen molar-refractivity contribution in [1.29, 1.82) is 5.26 Å². The molecular formula is C18H25ClN2O3. The van der Waals surface area contributed by atoms with Crippen LogP contribution in [0.4, 0.5) is 0 Å². The minimum Gasteiger partial charge on any atom is -0.494 e. The summed E-state index contributed by atoms with van der Waals surface area (Å²) < 4.78 is 10.8. The summed E-state index contributed by atoms with van der Waals surface area (Å²) in [4.78, 5) is 14.1. The maximum absolute atomic E-state index is 11.8. The number of ether oxygens (including phenoxy) is 2. The molecule has 1 fully saturated rings. The lowest BCUT2D eigenvalue weighted by Crippen LogP contribution is -2.40. The summed E-state index contributed by atoms with van der Waals surface area (Å²) in [5.74, 6) is 0.737. The second-order valence-corrected chi connectivity index (χ2v) is 5.73. The molecule has 1 unspecified atom stereocenters. The van der Waals surface area contributed by atoms with Crippen molar-refractivity contribution in [1.82, 2.24) is 4.90 Å². The molecule has 24 heavy (non-hydrogen) atoms. The number of hydrogen-bond donors (Lipinski definition) is 0. The molecule has 0 aromatic heterocycles. The van der Waals surface area contributed by atoms with E-state index in [2.05, 4.69) is 11.0 Å². The van der Waals surface area contributed by atoms with Gasteiger partial charge in [-0.1, -0.05) is 0 Å². The third-order valence-electron chi connectivity index (χ3n) is 4.00. The van der Waals surface area contributed by atoms with Crippen molar-refractivity contribution in [2.75, 3.05) is 32.8 Å². The quantitative estimate of drug-likeness (QED) is 0.557. The van der Waals surface area contributed by atoms with Crippen LogP contribution >= 0.6 is 12.4 Å². The molecule has 1 aromatic carbocycles. The minimum absolute atomic E-state index is 0. The van der Waals surface area contributed by atoms with Crippen molar-refractivity contribution in [2.45, 2.75) is 26.2 Å². The maximum atomic E-state index is 11.8. The monoisotopic (exact) mass is 352 g/mol. The first-order valence-corrected chi connectivity index (χ1v) is 8.25. The van der Waals surface area contributed by atoms with E-state index < -0.39 is 0 Å². The zero-order valence-electron chi connectivity index (χ0n) is 14.1. The van der Waals surface area contributed by atoms with Gasteiger partial charge < -0.3 is 14.4 Å². The Hall–Kier alpha value is -1.77. The van der Waals surface area contributed by atoms with Crippen molar-refractivity contribution in [3.8, 4) is 11.8 Å². The number of hydrogen-bond acceptors (Lipinski definition) is 5. The summed E-state index contributed by atoms with van der Waals surface area (Å²) in [5.41, 5.74) is 0.635. The van der Waals surface area contributed by atoms with Gasteiger partial charge in [-0.25, -0.2) is 0 Å². The number of rotatable bonds is 7. The minimum atomic E-state index is -0.0639. The number of likely N-dealkylation sites (tertiary alicyclic amines) is 1. The van der Waals surface area contributed by atoms with E-state index in [1.54, 1.807) is 12.1 Å². The van der Waals surface area contributed by atoms with Crippen LogP contribution in [0.5, 0.6) is 5.75 Å². The summed E-state index contributed by atoms with van der Waals surface area (Å²) >= 11 is 0. The van der Waals surface area contributed by atoms with E-state index in [1.807, 2.05) is 19.1 Å². The van der Waals surface area contributed by atoms with Crippen LogP contribution in [0, 0.1) is 17.2 Å². The first kappa shape index (κ1) is 20.3. The van der Waals surface area contributed by atoms with Crippen LogP contribution in [-0.2, 0) is 9.53 Å². The zero-order chi connectivity index (χ0) is 16.5. The molecule has 0 amide bonds. The Kier molecular flexibility index (Phi) is 9.21. The van der Waals surface area contributed by atoms with Crippen LogP contribution in [0.2, 0.25) is 0 Å². The van der Waals surface area contributed by atoms with E-state index >= 15 is 0 Å². The molecule has 0 N–H and O–H groups in total. The number of esters is 1. The summed E-state index contributed by atoms with van der Waals surface area (Å²) in [7, 11) is 0. The highest BCUT2D eigenvalue weighted by Gasteiger charge is 2.26. The second-order valence-electron chi connectivity index (χ2n) is 5.73. The predicted molar refractivity (Wildman–Crippen MR) is 94.3 cm³/mol.